The van der Waals surface area contributed by atoms with Gasteiger partial charge in [0, 0.05) is 12.6 Å². The van der Waals surface area contributed by atoms with Crippen LogP contribution in [-0.4, -0.2) is 25.3 Å². The Morgan fingerprint density at radius 1 is 1.07 bits per heavy atom. The number of ether oxygens (including phenoxy) is 1. The smallest absolute Gasteiger partial charge is 0.0728 e. The summed E-state index contributed by atoms with van der Waals surface area (Å²) < 4.78 is 5.97. The van der Waals surface area contributed by atoms with Crippen LogP contribution >= 0.6 is 0 Å². The highest BCUT2D eigenvalue weighted by atomic mass is 16.5. The van der Waals surface area contributed by atoms with E-state index >= 15 is 0 Å². The molecule has 0 bridgehead atoms. The maximum absolute atomic E-state index is 5.97. The van der Waals surface area contributed by atoms with Gasteiger partial charge in [0.2, 0.25) is 0 Å². The second kappa shape index (κ2) is 8.12. The molecule has 0 radical (unpaired) electrons. The van der Waals surface area contributed by atoms with E-state index in [0.717, 1.165) is 19.6 Å². The van der Waals surface area contributed by atoms with E-state index in [9.17, 15) is 0 Å². The van der Waals surface area contributed by atoms with Gasteiger partial charge in [0.15, 0.2) is 0 Å². The van der Waals surface area contributed by atoms with Gasteiger partial charge in [0.1, 0.15) is 0 Å². The van der Waals surface area contributed by atoms with E-state index in [1.165, 1.54) is 38.5 Å². The number of nitrogens with one attached hydrogen (secondary N) is 1. The van der Waals surface area contributed by atoms with E-state index in [4.69, 9.17) is 4.74 Å². The summed E-state index contributed by atoms with van der Waals surface area (Å²) in [5.41, 5.74) is 0. The zero-order valence-electron chi connectivity index (χ0n) is 10.4. The number of hydrogen-bond donors (Lipinski definition) is 1. The van der Waals surface area contributed by atoms with Crippen LogP contribution in [0.3, 0.4) is 0 Å². The van der Waals surface area contributed by atoms with Gasteiger partial charge in [-0.05, 0) is 25.8 Å². The molecule has 1 N–H and O–H groups in total. The Hall–Kier alpha value is -0.0800. The van der Waals surface area contributed by atoms with Gasteiger partial charge in [-0.3, -0.25) is 0 Å². The van der Waals surface area contributed by atoms with Crippen molar-refractivity contribution in [1.82, 2.24) is 5.32 Å². The van der Waals surface area contributed by atoms with Crippen LogP contribution in [0.25, 0.3) is 0 Å². The molecule has 2 nitrogen and oxygen atoms in total. The quantitative estimate of drug-likeness (QED) is 0.757. The number of rotatable bonds is 5. The van der Waals surface area contributed by atoms with Crippen molar-refractivity contribution in [2.75, 3.05) is 13.2 Å². The van der Waals surface area contributed by atoms with Crippen molar-refractivity contribution in [1.29, 1.82) is 0 Å². The normalized spacial score (nSPS) is 28.4. The van der Waals surface area contributed by atoms with Gasteiger partial charge in [-0.2, -0.15) is 0 Å². The fourth-order valence-corrected chi connectivity index (χ4v) is 2.41. The SMILES string of the molecule is CCCOC1CCCCCCC1NCC. The number of likely N-dealkylation sites (N-methyl/N-ethyl adjacent to an activating group) is 1. The Morgan fingerprint density at radius 3 is 2.47 bits per heavy atom. The lowest BCUT2D eigenvalue weighted by Gasteiger charge is -2.30. The van der Waals surface area contributed by atoms with E-state index in [1.54, 1.807) is 0 Å². The first-order chi connectivity index (χ1) is 7.38. The van der Waals surface area contributed by atoms with Gasteiger partial charge in [0.05, 0.1) is 6.10 Å². The lowest BCUT2D eigenvalue weighted by Crippen LogP contribution is -2.42. The molecule has 2 heteroatoms. The minimum Gasteiger partial charge on any atom is -0.377 e. The first-order valence-corrected chi connectivity index (χ1v) is 6.73. The monoisotopic (exact) mass is 213 g/mol. The molecule has 0 aromatic heterocycles. The molecule has 1 aliphatic rings. The predicted octanol–water partition coefficient (Wildman–Crippen LogP) is 3.11. The average molecular weight is 213 g/mol. The molecule has 2 unspecified atom stereocenters. The summed E-state index contributed by atoms with van der Waals surface area (Å²) in [5.74, 6) is 0. The summed E-state index contributed by atoms with van der Waals surface area (Å²) >= 11 is 0. The summed E-state index contributed by atoms with van der Waals surface area (Å²) in [7, 11) is 0. The van der Waals surface area contributed by atoms with Crippen LogP contribution in [-0.2, 0) is 4.74 Å². The summed E-state index contributed by atoms with van der Waals surface area (Å²) in [6.45, 7) is 6.37. The van der Waals surface area contributed by atoms with Crippen molar-refractivity contribution >= 4 is 0 Å². The molecule has 0 saturated heterocycles. The van der Waals surface area contributed by atoms with E-state index in [1.807, 2.05) is 0 Å². The number of hydrogen-bond acceptors (Lipinski definition) is 2. The van der Waals surface area contributed by atoms with Gasteiger partial charge in [0.25, 0.3) is 0 Å². The Kier molecular flexibility index (Phi) is 7.03. The summed E-state index contributed by atoms with van der Waals surface area (Å²) in [4.78, 5) is 0. The average Bonchev–Trinajstić information content (AvgIpc) is 2.22. The second-order valence-corrected chi connectivity index (χ2v) is 4.56. The van der Waals surface area contributed by atoms with Crippen molar-refractivity contribution in [2.45, 2.75) is 70.9 Å². The van der Waals surface area contributed by atoms with Crippen molar-refractivity contribution in [3.8, 4) is 0 Å². The third-order valence-corrected chi connectivity index (χ3v) is 3.20. The highest BCUT2D eigenvalue weighted by Gasteiger charge is 2.22. The minimum absolute atomic E-state index is 0.463. The fourth-order valence-electron chi connectivity index (χ4n) is 2.41. The second-order valence-electron chi connectivity index (χ2n) is 4.56. The highest BCUT2D eigenvalue weighted by Crippen LogP contribution is 2.20. The maximum Gasteiger partial charge on any atom is 0.0728 e. The van der Waals surface area contributed by atoms with E-state index in [0.29, 0.717) is 12.1 Å². The highest BCUT2D eigenvalue weighted by molar-refractivity contribution is 4.78. The zero-order valence-corrected chi connectivity index (χ0v) is 10.4. The topological polar surface area (TPSA) is 21.3 Å². The Bertz CT molecular complexity index is 147. The molecule has 1 rings (SSSR count). The van der Waals surface area contributed by atoms with Crippen LogP contribution in [0.1, 0.15) is 58.8 Å². The van der Waals surface area contributed by atoms with Crippen molar-refractivity contribution in [3.05, 3.63) is 0 Å². The molecule has 0 amide bonds. The molecular weight excluding hydrogens is 186 g/mol. The Morgan fingerprint density at radius 2 is 1.80 bits per heavy atom. The van der Waals surface area contributed by atoms with Crippen LogP contribution in [0, 0.1) is 0 Å². The van der Waals surface area contributed by atoms with Gasteiger partial charge in [-0.15, -0.1) is 0 Å². The molecule has 15 heavy (non-hydrogen) atoms. The van der Waals surface area contributed by atoms with Gasteiger partial charge in [-0.1, -0.05) is 39.5 Å². The molecule has 0 aromatic carbocycles. The molecule has 0 aliphatic heterocycles. The maximum atomic E-state index is 5.97. The van der Waals surface area contributed by atoms with Crippen molar-refractivity contribution < 1.29 is 4.74 Å². The zero-order chi connectivity index (χ0) is 10.9. The molecule has 0 spiro atoms. The van der Waals surface area contributed by atoms with Crippen LogP contribution in [0.4, 0.5) is 0 Å². The van der Waals surface area contributed by atoms with Crippen molar-refractivity contribution in [3.63, 3.8) is 0 Å². The first kappa shape index (κ1) is 13.0. The minimum atomic E-state index is 0.463. The van der Waals surface area contributed by atoms with Crippen LogP contribution in [0.5, 0.6) is 0 Å². The summed E-state index contributed by atoms with van der Waals surface area (Å²) in [6, 6.07) is 0.599. The van der Waals surface area contributed by atoms with Gasteiger partial charge in [-0.25, -0.2) is 0 Å². The van der Waals surface area contributed by atoms with Crippen LogP contribution in [0.15, 0.2) is 0 Å². The molecular formula is C13H27NO. The summed E-state index contributed by atoms with van der Waals surface area (Å²) in [5, 5.41) is 3.59. The first-order valence-electron chi connectivity index (χ1n) is 6.73. The van der Waals surface area contributed by atoms with Crippen LogP contribution < -0.4 is 5.32 Å². The fraction of sp³-hybridized carbons (Fsp3) is 1.00. The van der Waals surface area contributed by atoms with Gasteiger partial charge >= 0.3 is 0 Å². The van der Waals surface area contributed by atoms with Crippen molar-refractivity contribution in [2.24, 2.45) is 0 Å². The molecule has 90 valence electrons. The van der Waals surface area contributed by atoms with E-state index in [2.05, 4.69) is 19.2 Å². The Balaban J connectivity index is 2.40. The van der Waals surface area contributed by atoms with Gasteiger partial charge < -0.3 is 10.1 Å². The largest absolute Gasteiger partial charge is 0.377 e. The van der Waals surface area contributed by atoms with Crippen LogP contribution in [0.2, 0.25) is 0 Å². The third-order valence-electron chi connectivity index (χ3n) is 3.20. The molecule has 0 aromatic rings. The lowest BCUT2D eigenvalue weighted by molar-refractivity contribution is 0.0142. The molecule has 1 fully saturated rings. The molecule has 1 saturated carbocycles. The lowest BCUT2D eigenvalue weighted by atomic mass is 9.94. The third kappa shape index (κ3) is 4.98. The van der Waals surface area contributed by atoms with E-state index in [-0.39, 0.29) is 0 Å². The molecule has 2 atom stereocenters. The standard InChI is InChI=1S/C13H27NO/c1-3-11-15-13-10-8-6-5-7-9-12(13)14-4-2/h12-14H,3-11H2,1-2H3. The van der Waals surface area contributed by atoms with E-state index < -0.39 is 0 Å². The molecule has 0 heterocycles. The predicted molar refractivity (Wildman–Crippen MR) is 65.2 cm³/mol. The Labute approximate surface area is 94.8 Å². The molecule has 1 aliphatic carbocycles. The summed E-state index contributed by atoms with van der Waals surface area (Å²) in [6.07, 6.45) is 9.65.